The standard InChI is InChI=1S/C11H13FN2O/c12-11(9-4-1-2-6-13-9)10-5-3-7-14(10)8-15/h1-2,4,6,8,10-11H,3,5,7H2. The Morgan fingerprint density at radius 1 is 1.60 bits per heavy atom. The van der Waals surface area contributed by atoms with Crippen LogP contribution in [0, 0.1) is 0 Å². The minimum Gasteiger partial charge on any atom is -0.339 e. The summed E-state index contributed by atoms with van der Waals surface area (Å²) in [5.74, 6) is 0. The highest BCUT2D eigenvalue weighted by Gasteiger charge is 2.32. The van der Waals surface area contributed by atoms with E-state index in [1.54, 1.807) is 24.4 Å². The van der Waals surface area contributed by atoms with Gasteiger partial charge in [-0.15, -0.1) is 0 Å². The molecule has 80 valence electrons. The minimum absolute atomic E-state index is 0.336. The Bertz CT molecular complexity index is 331. The summed E-state index contributed by atoms with van der Waals surface area (Å²) in [5.41, 5.74) is 0.413. The van der Waals surface area contributed by atoms with Crippen LogP contribution < -0.4 is 0 Å². The molecule has 2 heterocycles. The molecule has 15 heavy (non-hydrogen) atoms. The predicted octanol–water partition coefficient (Wildman–Crippen LogP) is 1.71. The maximum Gasteiger partial charge on any atom is 0.210 e. The van der Waals surface area contributed by atoms with Crippen molar-refractivity contribution in [2.75, 3.05) is 6.54 Å². The molecule has 1 fully saturated rings. The maximum atomic E-state index is 14.0. The van der Waals surface area contributed by atoms with Crippen LogP contribution in [0.25, 0.3) is 0 Å². The van der Waals surface area contributed by atoms with E-state index in [2.05, 4.69) is 4.98 Å². The molecule has 4 heteroatoms. The van der Waals surface area contributed by atoms with Crippen LogP contribution in [-0.4, -0.2) is 28.9 Å². The van der Waals surface area contributed by atoms with Crippen LogP contribution in [0.4, 0.5) is 4.39 Å². The van der Waals surface area contributed by atoms with Gasteiger partial charge in [-0.2, -0.15) is 0 Å². The van der Waals surface area contributed by atoms with E-state index >= 15 is 0 Å². The van der Waals surface area contributed by atoms with Gasteiger partial charge in [-0.3, -0.25) is 9.78 Å². The zero-order chi connectivity index (χ0) is 10.7. The van der Waals surface area contributed by atoms with Crippen molar-refractivity contribution in [1.29, 1.82) is 0 Å². The van der Waals surface area contributed by atoms with Crippen molar-refractivity contribution in [2.45, 2.75) is 25.1 Å². The average Bonchev–Trinajstić information content (AvgIpc) is 2.77. The quantitative estimate of drug-likeness (QED) is 0.708. The number of likely N-dealkylation sites (tertiary alicyclic amines) is 1. The highest BCUT2D eigenvalue weighted by Crippen LogP contribution is 2.30. The number of alkyl halides is 1. The largest absolute Gasteiger partial charge is 0.339 e. The monoisotopic (exact) mass is 208 g/mol. The second-order valence-corrected chi connectivity index (χ2v) is 3.71. The molecule has 2 rings (SSSR count). The summed E-state index contributed by atoms with van der Waals surface area (Å²) in [4.78, 5) is 16.2. The van der Waals surface area contributed by atoms with Crippen molar-refractivity contribution in [3.8, 4) is 0 Å². The first kappa shape index (κ1) is 10.1. The molecule has 1 aliphatic rings. The lowest BCUT2D eigenvalue weighted by molar-refractivity contribution is -0.120. The van der Waals surface area contributed by atoms with Gasteiger partial charge in [0.15, 0.2) is 6.17 Å². The van der Waals surface area contributed by atoms with Crippen LogP contribution in [0.3, 0.4) is 0 Å². The summed E-state index contributed by atoms with van der Waals surface area (Å²) in [7, 11) is 0. The van der Waals surface area contributed by atoms with E-state index in [0.717, 1.165) is 19.3 Å². The van der Waals surface area contributed by atoms with Gasteiger partial charge in [0.2, 0.25) is 6.41 Å². The molecule has 1 saturated heterocycles. The Kier molecular flexibility index (Phi) is 2.94. The number of hydrogen-bond acceptors (Lipinski definition) is 2. The maximum absolute atomic E-state index is 14.0. The number of rotatable bonds is 3. The molecule has 3 nitrogen and oxygen atoms in total. The molecule has 1 amide bonds. The number of pyridine rings is 1. The molecule has 0 aliphatic carbocycles. The molecule has 2 unspecified atom stereocenters. The van der Waals surface area contributed by atoms with Crippen LogP contribution in [0.2, 0.25) is 0 Å². The number of carbonyl (C=O) groups excluding carboxylic acids is 1. The van der Waals surface area contributed by atoms with Gasteiger partial charge >= 0.3 is 0 Å². The minimum atomic E-state index is -1.17. The van der Waals surface area contributed by atoms with Crippen molar-refractivity contribution in [3.63, 3.8) is 0 Å². The molecule has 0 aromatic carbocycles. The van der Waals surface area contributed by atoms with Crippen LogP contribution in [0.15, 0.2) is 24.4 Å². The van der Waals surface area contributed by atoms with Crippen LogP contribution >= 0.6 is 0 Å². The van der Waals surface area contributed by atoms with E-state index in [1.165, 1.54) is 4.90 Å². The second kappa shape index (κ2) is 4.38. The lowest BCUT2D eigenvalue weighted by Gasteiger charge is -2.22. The number of amides is 1. The van der Waals surface area contributed by atoms with Crippen molar-refractivity contribution in [1.82, 2.24) is 9.88 Å². The zero-order valence-electron chi connectivity index (χ0n) is 8.34. The molecule has 0 bridgehead atoms. The van der Waals surface area contributed by atoms with E-state index in [4.69, 9.17) is 0 Å². The van der Waals surface area contributed by atoms with Gasteiger partial charge in [0.25, 0.3) is 0 Å². The molecule has 1 aromatic rings. The fourth-order valence-corrected chi connectivity index (χ4v) is 2.00. The zero-order valence-corrected chi connectivity index (χ0v) is 8.34. The Morgan fingerprint density at radius 2 is 2.47 bits per heavy atom. The molecule has 1 aliphatic heterocycles. The third-order valence-corrected chi connectivity index (χ3v) is 2.79. The average molecular weight is 208 g/mol. The molecule has 0 N–H and O–H groups in total. The van der Waals surface area contributed by atoms with E-state index in [-0.39, 0.29) is 6.04 Å². The van der Waals surface area contributed by atoms with Gasteiger partial charge in [-0.1, -0.05) is 6.07 Å². The van der Waals surface area contributed by atoms with Gasteiger partial charge in [-0.25, -0.2) is 4.39 Å². The van der Waals surface area contributed by atoms with Crippen molar-refractivity contribution >= 4 is 6.41 Å². The van der Waals surface area contributed by atoms with Gasteiger partial charge < -0.3 is 4.90 Å². The number of hydrogen-bond donors (Lipinski definition) is 0. The van der Waals surface area contributed by atoms with Crippen molar-refractivity contribution < 1.29 is 9.18 Å². The molecular formula is C11H13FN2O. The lowest BCUT2D eigenvalue weighted by Crippen LogP contribution is -2.31. The second-order valence-electron chi connectivity index (χ2n) is 3.71. The Labute approximate surface area is 87.9 Å². The van der Waals surface area contributed by atoms with Crippen molar-refractivity contribution in [3.05, 3.63) is 30.1 Å². The van der Waals surface area contributed by atoms with Crippen LogP contribution in [0.5, 0.6) is 0 Å². The molecule has 0 spiro atoms. The molecule has 1 aromatic heterocycles. The molecule has 0 radical (unpaired) electrons. The van der Waals surface area contributed by atoms with Gasteiger partial charge in [-0.05, 0) is 25.0 Å². The summed E-state index contributed by atoms with van der Waals surface area (Å²) in [6, 6.07) is 4.83. The number of aromatic nitrogens is 1. The third-order valence-electron chi connectivity index (χ3n) is 2.79. The van der Waals surface area contributed by atoms with Crippen LogP contribution in [-0.2, 0) is 4.79 Å². The molecule has 2 atom stereocenters. The van der Waals surface area contributed by atoms with Crippen LogP contribution in [0.1, 0.15) is 24.7 Å². The summed E-state index contributed by atoms with van der Waals surface area (Å²) in [6.07, 6.45) is 2.72. The smallest absolute Gasteiger partial charge is 0.210 e. The molecule has 0 saturated carbocycles. The SMILES string of the molecule is O=CN1CCCC1C(F)c1ccccn1. The summed E-state index contributed by atoms with van der Waals surface area (Å²) in [6.45, 7) is 0.654. The van der Waals surface area contributed by atoms with E-state index in [1.807, 2.05) is 0 Å². The van der Waals surface area contributed by atoms with Gasteiger partial charge in [0, 0.05) is 12.7 Å². The fraction of sp³-hybridized carbons (Fsp3) is 0.455. The highest BCUT2D eigenvalue weighted by atomic mass is 19.1. The number of halogens is 1. The van der Waals surface area contributed by atoms with Gasteiger partial charge in [0.1, 0.15) is 0 Å². The van der Waals surface area contributed by atoms with Gasteiger partial charge in [0.05, 0.1) is 11.7 Å². The highest BCUT2D eigenvalue weighted by molar-refractivity contribution is 5.48. The summed E-state index contributed by atoms with van der Waals surface area (Å²) in [5, 5.41) is 0. The first-order valence-corrected chi connectivity index (χ1v) is 5.09. The number of carbonyl (C=O) groups is 1. The summed E-state index contributed by atoms with van der Waals surface area (Å²) >= 11 is 0. The lowest BCUT2D eigenvalue weighted by atomic mass is 10.1. The summed E-state index contributed by atoms with van der Waals surface area (Å²) < 4.78 is 14.0. The first-order chi connectivity index (χ1) is 7.33. The Balaban J connectivity index is 2.14. The van der Waals surface area contributed by atoms with Crippen molar-refractivity contribution in [2.24, 2.45) is 0 Å². The predicted molar refractivity (Wildman–Crippen MR) is 53.9 cm³/mol. The Morgan fingerprint density at radius 3 is 3.13 bits per heavy atom. The number of nitrogens with zero attached hydrogens (tertiary/aromatic N) is 2. The first-order valence-electron chi connectivity index (χ1n) is 5.09. The van der Waals surface area contributed by atoms with E-state index in [9.17, 15) is 9.18 Å². The van der Waals surface area contributed by atoms with E-state index < -0.39 is 6.17 Å². The Hall–Kier alpha value is -1.45. The fourth-order valence-electron chi connectivity index (χ4n) is 2.00. The normalized spacial score (nSPS) is 22.7. The third kappa shape index (κ3) is 1.98. The van der Waals surface area contributed by atoms with E-state index in [0.29, 0.717) is 12.2 Å². The topological polar surface area (TPSA) is 33.2 Å². The molecular weight excluding hydrogens is 195 g/mol.